The van der Waals surface area contributed by atoms with Crippen molar-refractivity contribution >= 4 is 16.9 Å². The Morgan fingerprint density at radius 2 is 2.23 bits per heavy atom. The second kappa shape index (κ2) is 7.73. The summed E-state index contributed by atoms with van der Waals surface area (Å²) in [4.78, 5) is 19.3. The van der Waals surface area contributed by atoms with Crippen LogP contribution in [0.5, 0.6) is 0 Å². The minimum Gasteiger partial charge on any atom is -0.384 e. The predicted octanol–water partition coefficient (Wildman–Crippen LogP) is 1.16. The second-order valence-corrected chi connectivity index (χ2v) is 7.41. The molecule has 0 spiro atoms. The third-order valence-electron chi connectivity index (χ3n) is 5.46. The molecule has 0 saturated carbocycles. The first-order chi connectivity index (χ1) is 12.7. The van der Waals surface area contributed by atoms with E-state index in [0.29, 0.717) is 5.92 Å². The Hall–Kier alpha value is -1.96. The number of hydrazine groups is 1. The number of nitrogens with one attached hydrogen (secondary N) is 2. The molecule has 26 heavy (non-hydrogen) atoms. The molecule has 2 saturated heterocycles. The average Bonchev–Trinajstić information content (AvgIpc) is 3.30. The van der Waals surface area contributed by atoms with Gasteiger partial charge in [0.05, 0.1) is 24.0 Å². The zero-order valence-corrected chi connectivity index (χ0v) is 15.2. The molecule has 7 heteroatoms. The molecule has 1 aromatic heterocycles. The van der Waals surface area contributed by atoms with Crippen LogP contribution in [0.1, 0.15) is 19.3 Å². The highest BCUT2D eigenvalue weighted by molar-refractivity contribution is 5.82. The van der Waals surface area contributed by atoms with Crippen LogP contribution in [0.15, 0.2) is 30.6 Å². The topological polar surface area (TPSA) is 71.4 Å². The summed E-state index contributed by atoms with van der Waals surface area (Å²) in [7, 11) is 1.73. The first-order valence-electron chi connectivity index (χ1n) is 9.43. The van der Waals surface area contributed by atoms with E-state index in [2.05, 4.69) is 26.5 Å². The molecule has 2 aliphatic rings. The summed E-state index contributed by atoms with van der Waals surface area (Å²) in [6.45, 7) is 3.19. The molecule has 3 atom stereocenters. The molecule has 0 radical (unpaired) electrons. The summed E-state index contributed by atoms with van der Waals surface area (Å²) in [6, 6.07) is 8.18. The van der Waals surface area contributed by atoms with Gasteiger partial charge in [-0.15, -0.1) is 0 Å². The van der Waals surface area contributed by atoms with Crippen LogP contribution in [0, 0.1) is 5.92 Å². The fraction of sp³-hybridized carbons (Fsp3) is 0.579. The third kappa shape index (κ3) is 3.60. The quantitative estimate of drug-likeness (QED) is 0.840. The highest BCUT2D eigenvalue weighted by Gasteiger charge is 2.34. The van der Waals surface area contributed by atoms with Crippen molar-refractivity contribution in [3.05, 3.63) is 30.6 Å². The Kier molecular flexibility index (Phi) is 5.19. The number of rotatable bonds is 5. The lowest BCUT2D eigenvalue weighted by Crippen LogP contribution is -2.49. The lowest BCUT2D eigenvalue weighted by molar-refractivity contribution is -0.135. The number of fused-ring (bicyclic) bond motifs is 1. The van der Waals surface area contributed by atoms with Gasteiger partial charge in [0.15, 0.2) is 0 Å². The Morgan fingerprint density at radius 3 is 3.12 bits per heavy atom. The van der Waals surface area contributed by atoms with E-state index in [9.17, 15) is 4.79 Å². The number of amides is 1. The zero-order chi connectivity index (χ0) is 17.9. The molecular formula is C19H27N5O2. The molecular weight excluding hydrogens is 330 g/mol. The molecule has 140 valence electrons. The number of hydrogen-bond donors (Lipinski definition) is 2. The molecule has 3 unspecified atom stereocenters. The smallest absolute Gasteiger partial charge is 0.241 e. The third-order valence-corrected chi connectivity index (χ3v) is 5.46. The molecule has 3 heterocycles. The number of benzene rings is 1. The zero-order valence-electron chi connectivity index (χ0n) is 15.2. The number of aromatic nitrogens is 2. The molecule has 2 aromatic rings. The van der Waals surface area contributed by atoms with E-state index < -0.39 is 0 Å². The molecule has 7 nitrogen and oxygen atoms in total. The summed E-state index contributed by atoms with van der Waals surface area (Å²) in [5.74, 6) is 0.663. The van der Waals surface area contributed by atoms with Crippen LogP contribution < -0.4 is 10.9 Å². The van der Waals surface area contributed by atoms with Crippen LogP contribution in [0.2, 0.25) is 0 Å². The van der Waals surface area contributed by atoms with E-state index in [4.69, 9.17) is 4.74 Å². The molecule has 4 rings (SSSR count). The maximum absolute atomic E-state index is 12.9. The second-order valence-electron chi connectivity index (χ2n) is 7.41. The Balaban J connectivity index is 1.35. The van der Waals surface area contributed by atoms with E-state index in [1.807, 2.05) is 29.4 Å². The number of para-hydroxylation sites is 2. The van der Waals surface area contributed by atoms with Crippen molar-refractivity contribution in [2.45, 2.75) is 37.9 Å². The van der Waals surface area contributed by atoms with Gasteiger partial charge in [0.25, 0.3) is 0 Å². The van der Waals surface area contributed by atoms with Gasteiger partial charge in [0.1, 0.15) is 6.04 Å². The molecule has 1 amide bonds. The molecule has 2 N–H and O–H groups in total. The van der Waals surface area contributed by atoms with Crippen molar-refractivity contribution in [2.75, 3.05) is 26.8 Å². The number of piperidine rings is 1. The van der Waals surface area contributed by atoms with Gasteiger partial charge in [0.2, 0.25) is 5.91 Å². The average molecular weight is 357 g/mol. The van der Waals surface area contributed by atoms with Crippen molar-refractivity contribution in [3.8, 4) is 0 Å². The monoisotopic (exact) mass is 357 g/mol. The van der Waals surface area contributed by atoms with Crippen molar-refractivity contribution < 1.29 is 9.53 Å². The normalized spacial score (nSPS) is 26.5. The number of carbonyl (C=O) groups is 1. The van der Waals surface area contributed by atoms with E-state index in [1.54, 1.807) is 7.11 Å². The van der Waals surface area contributed by atoms with Crippen molar-refractivity contribution in [3.63, 3.8) is 0 Å². The Bertz CT molecular complexity index is 759. The summed E-state index contributed by atoms with van der Waals surface area (Å²) < 4.78 is 7.42. The molecule has 0 aliphatic carbocycles. The van der Waals surface area contributed by atoms with Crippen LogP contribution in [0.4, 0.5) is 0 Å². The summed E-state index contributed by atoms with van der Waals surface area (Å²) in [6.07, 6.45) is 4.87. The maximum Gasteiger partial charge on any atom is 0.241 e. The standard InChI is InChI=1S/C19H27N5O2/c1-26-12-14-5-4-8-23(10-14)19(25)17-9-15(21-22-17)11-24-13-20-16-6-2-3-7-18(16)24/h2-3,6-7,13-15,17,21-22H,4-5,8-12H2,1H3. The van der Waals surface area contributed by atoms with Gasteiger partial charge in [-0.05, 0) is 37.3 Å². The number of hydrogen-bond acceptors (Lipinski definition) is 5. The van der Waals surface area contributed by atoms with E-state index in [1.165, 1.54) is 0 Å². The minimum atomic E-state index is -0.156. The molecule has 2 fully saturated rings. The van der Waals surface area contributed by atoms with E-state index >= 15 is 0 Å². The largest absolute Gasteiger partial charge is 0.384 e. The first-order valence-corrected chi connectivity index (χ1v) is 9.43. The summed E-state index contributed by atoms with van der Waals surface area (Å²) in [5, 5.41) is 0. The number of methoxy groups -OCH3 is 1. The lowest BCUT2D eigenvalue weighted by Gasteiger charge is -2.33. The first kappa shape index (κ1) is 17.5. The Labute approximate surface area is 153 Å². The van der Waals surface area contributed by atoms with Gasteiger partial charge in [-0.3, -0.25) is 10.2 Å². The number of nitrogens with zero attached hydrogens (tertiary/aromatic N) is 3. The van der Waals surface area contributed by atoms with Gasteiger partial charge >= 0.3 is 0 Å². The number of carbonyl (C=O) groups excluding carboxylic acids is 1. The van der Waals surface area contributed by atoms with Crippen LogP contribution in [-0.2, 0) is 16.1 Å². The van der Waals surface area contributed by atoms with Crippen LogP contribution in [0.25, 0.3) is 11.0 Å². The van der Waals surface area contributed by atoms with Crippen LogP contribution in [0.3, 0.4) is 0 Å². The van der Waals surface area contributed by atoms with Gasteiger partial charge in [-0.25, -0.2) is 10.4 Å². The predicted molar refractivity (Wildman–Crippen MR) is 99.4 cm³/mol. The minimum absolute atomic E-state index is 0.156. The van der Waals surface area contributed by atoms with Gasteiger partial charge in [-0.2, -0.15) is 0 Å². The van der Waals surface area contributed by atoms with Crippen molar-refractivity contribution in [1.29, 1.82) is 0 Å². The number of ether oxygens (including phenoxy) is 1. The van der Waals surface area contributed by atoms with E-state index in [0.717, 1.165) is 56.5 Å². The number of likely N-dealkylation sites (tertiary alicyclic amines) is 1. The van der Waals surface area contributed by atoms with E-state index in [-0.39, 0.29) is 18.0 Å². The van der Waals surface area contributed by atoms with Crippen LogP contribution in [-0.4, -0.2) is 59.2 Å². The highest BCUT2D eigenvalue weighted by atomic mass is 16.5. The lowest BCUT2D eigenvalue weighted by atomic mass is 9.98. The van der Waals surface area contributed by atoms with Crippen molar-refractivity contribution in [2.24, 2.45) is 5.92 Å². The van der Waals surface area contributed by atoms with Gasteiger partial charge in [0, 0.05) is 32.8 Å². The molecule has 0 bridgehead atoms. The summed E-state index contributed by atoms with van der Waals surface area (Å²) in [5.41, 5.74) is 8.63. The van der Waals surface area contributed by atoms with Gasteiger partial charge in [-0.1, -0.05) is 12.1 Å². The summed E-state index contributed by atoms with van der Waals surface area (Å²) >= 11 is 0. The molecule has 2 aliphatic heterocycles. The van der Waals surface area contributed by atoms with Crippen LogP contribution >= 0.6 is 0 Å². The highest BCUT2D eigenvalue weighted by Crippen LogP contribution is 2.20. The molecule has 1 aromatic carbocycles. The van der Waals surface area contributed by atoms with Crippen molar-refractivity contribution in [1.82, 2.24) is 25.3 Å². The SMILES string of the molecule is COCC1CCCN(C(=O)C2CC(Cn3cnc4ccccc43)NN2)C1. The van der Waals surface area contributed by atoms with Gasteiger partial charge < -0.3 is 14.2 Å². The Morgan fingerprint density at radius 1 is 1.35 bits per heavy atom. The fourth-order valence-electron chi connectivity index (χ4n) is 4.15. The maximum atomic E-state index is 12.9. The number of imidazole rings is 1. The fourth-order valence-corrected chi connectivity index (χ4v) is 4.15.